The number of nitrogens with one attached hydrogen (secondary N) is 1. The number of likely N-dealkylation sites (tertiary alicyclic amines) is 1. The number of nitrogens with zero attached hydrogens (tertiary/aromatic N) is 3. The fraction of sp³-hybridized carbons (Fsp3) is 0.435. The fourth-order valence-electron chi connectivity index (χ4n) is 3.61. The normalized spacial score (nSPS) is 15.2. The molecule has 156 valence electrons. The molecule has 0 bridgehead atoms. The molecule has 0 radical (unpaired) electrons. The summed E-state index contributed by atoms with van der Waals surface area (Å²) >= 11 is 5.96. The van der Waals surface area contributed by atoms with Gasteiger partial charge in [-0.05, 0) is 48.2 Å². The van der Waals surface area contributed by atoms with Gasteiger partial charge in [-0.3, -0.25) is 4.90 Å². The number of hydrogen-bond acceptors (Lipinski definition) is 3. The van der Waals surface area contributed by atoms with Crippen molar-refractivity contribution in [2.45, 2.75) is 32.0 Å². The van der Waals surface area contributed by atoms with Gasteiger partial charge in [0.1, 0.15) is 0 Å². The van der Waals surface area contributed by atoms with Gasteiger partial charge in [-0.1, -0.05) is 35.9 Å². The summed E-state index contributed by atoms with van der Waals surface area (Å²) in [6, 6.07) is 16.6. The number of amides is 2. The van der Waals surface area contributed by atoms with Crippen molar-refractivity contribution in [2.75, 3.05) is 39.1 Å². The first-order valence-electron chi connectivity index (χ1n) is 10.2. The maximum absolute atomic E-state index is 12.6. The zero-order valence-electron chi connectivity index (χ0n) is 17.6. The minimum Gasteiger partial charge on any atom is -0.378 e. The van der Waals surface area contributed by atoms with Gasteiger partial charge in [0.15, 0.2) is 0 Å². The standard InChI is InChI=1S/C23H31ClN4O/c1-26(2)22-10-6-18(7-11-22)16-27(3)23(29)25-21-12-14-28(15-13-21)17-19-4-8-20(24)9-5-19/h4-11,21H,12-17H2,1-3H3,(H,25,29). The summed E-state index contributed by atoms with van der Waals surface area (Å²) in [5.74, 6) is 0. The molecule has 0 spiro atoms. The molecule has 5 nitrogen and oxygen atoms in total. The van der Waals surface area contributed by atoms with Crippen LogP contribution < -0.4 is 10.2 Å². The van der Waals surface area contributed by atoms with Crippen molar-refractivity contribution in [1.82, 2.24) is 15.1 Å². The Hall–Kier alpha value is -2.24. The van der Waals surface area contributed by atoms with Crippen LogP contribution in [0, 0.1) is 0 Å². The van der Waals surface area contributed by atoms with E-state index in [2.05, 4.69) is 51.5 Å². The van der Waals surface area contributed by atoms with Gasteiger partial charge in [0.25, 0.3) is 0 Å². The third-order valence-electron chi connectivity index (χ3n) is 5.45. The summed E-state index contributed by atoms with van der Waals surface area (Å²) in [6.07, 6.45) is 1.95. The molecule has 0 saturated carbocycles. The van der Waals surface area contributed by atoms with Crippen molar-refractivity contribution in [3.05, 3.63) is 64.7 Å². The predicted molar refractivity (Wildman–Crippen MR) is 121 cm³/mol. The van der Waals surface area contributed by atoms with E-state index < -0.39 is 0 Å². The van der Waals surface area contributed by atoms with Crippen molar-refractivity contribution < 1.29 is 4.79 Å². The van der Waals surface area contributed by atoms with E-state index in [0.29, 0.717) is 6.54 Å². The minimum absolute atomic E-state index is 0.00200. The molecular weight excluding hydrogens is 384 g/mol. The van der Waals surface area contributed by atoms with Crippen molar-refractivity contribution in [3.63, 3.8) is 0 Å². The summed E-state index contributed by atoms with van der Waals surface area (Å²) in [7, 11) is 5.90. The zero-order valence-corrected chi connectivity index (χ0v) is 18.3. The van der Waals surface area contributed by atoms with Crippen LogP contribution in [-0.2, 0) is 13.1 Å². The molecule has 1 aliphatic heterocycles. The highest BCUT2D eigenvalue weighted by molar-refractivity contribution is 6.30. The highest BCUT2D eigenvalue weighted by Gasteiger charge is 2.22. The van der Waals surface area contributed by atoms with Gasteiger partial charge < -0.3 is 15.1 Å². The average Bonchev–Trinajstić information content (AvgIpc) is 2.71. The summed E-state index contributed by atoms with van der Waals surface area (Å²) in [6.45, 7) is 3.52. The first-order valence-corrected chi connectivity index (χ1v) is 10.5. The van der Waals surface area contributed by atoms with Crippen LogP contribution in [0.1, 0.15) is 24.0 Å². The Bertz CT molecular complexity index is 784. The molecule has 1 aliphatic rings. The number of halogens is 1. The molecule has 1 heterocycles. The molecule has 2 aromatic carbocycles. The Kier molecular flexibility index (Phi) is 7.40. The van der Waals surface area contributed by atoms with E-state index in [4.69, 9.17) is 11.6 Å². The van der Waals surface area contributed by atoms with Crippen LogP contribution in [0.2, 0.25) is 5.02 Å². The molecule has 6 heteroatoms. The second kappa shape index (κ2) is 9.99. The lowest BCUT2D eigenvalue weighted by molar-refractivity contribution is 0.173. The molecule has 2 amide bonds. The number of benzene rings is 2. The quantitative estimate of drug-likeness (QED) is 0.769. The Morgan fingerprint density at radius 1 is 1.00 bits per heavy atom. The molecule has 1 saturated heterocycles. The van der Waals surface area contributed by atoms with Gasteiger partial charge in [0, 0.05) is 64.1 Å². The van der Waals surface area contributed by atoms with Crippen molar-refractivity contribution >= 4 is 23.3 Å². The first kappa shape index (κ1) is 21.5. The maximum Gasteiger partial charge on any atom is 0.317 e. The van der Waals surface area contributed by atoms with E-state index in [-0.39, 0.29) is 12.1 Å². The topological polar surface area (TPSA) is 38.8 Å². The number of anilines is 1. The number of carbonyl (C=O) groups excluding carboxylic acids is 1. The lowest BCUT2D eigenvalue weighted by Gasteiger charge is -2.33. The average molecular weight is 415 g/mol. The monoisotopic (exact) mass is 414 g/mol. The second-order valence-electron chi connectivity index (χ2n) is 8.04. The largest absolute Gasteiger partial charge is 0.378 e. The number of piperidine rings is 1. The van der Waals surface area contributed by atoms with Gasteiger partial charge >= 0.3 is 6.03 Å². The van der Waals surface area contributed by atoms with Crippen LogP contribution >= 0.6 is 11.6 Å². The molecule has 1 fully saturated rings. The van der Waals surface area contributed by atoms with Gasteiger partial charge in [-0.15, -0.1) is 0 Å². The number of carbonyl (C=O) groups is 1. The first-order chi connectivity index (χ1) is 13.9. The van der Waals surface area contributed by atoms with E-state index >= 15 is 0 Å². The molecule has 1 N–H and O–H groups in total. The van der Waals surface area contributed by atoms with Gasteiger partial charge in [-0.25, -0.2) is 4.79 Å². The van der Waals surface area contributed by atoms with Crippen molar-refractivity contribution in [3.8, 4) is 0 Å². The summed E-state index contributed by atoms with van der Waals surface area (Å²) in [4.78, 5) is 18.8. The third-order valence-corrected chi connectivity index (χ3v) is 5.71. The summed E-state index contributed by atoms with van der Waals surface area (Å²) in [5, 5.41) is 3.97. The molecule has 0 aromatic heterocycles. The summed E-state index contributed by atoms with van der Waals surface area (Å²) < 4.78 is 0. The van der Waals surface area contributed by atoms with Crippen LogP contribution in [0.25, 0.3) is 0 Å². The number of hydrogen-bond donors (Lipinski definition) is 1. The van der Waals surface area contributed by atoms with E-state index in [1.54, 1.807) is 4.90 Å². The van der Waals surface area contributed by atoms with Crippen LogP contribution in [0.15, 0.2) is 48.5 Å². The van der Waals surface area contributed by atoms with Crippen LogP contribution in [0.5, 0.6) is 0 Å². The Morgan fingerprint density at radius 3 is 2.17 bits per heavy atom. The molecular formula is C23H31ClN4O. The Balaban J connectivity index is 1.42. The molecule has 0 aliphatic carbocycles. The number of rotatable bonds is 6. The maximum atomic E-state index is 12.6. The molecule has 0 atom stereocenters. The van der Waals surface area contributed by atoms with Gasteiger partial charge in [-0.2, -0.15) is 0 Å². The van der Waals surface area contributed by atoms with Crippen LogP contribution in [0.4, 0.5) is 10.5 Å². The lowest BCUT2D eigenvalue weighted by Crippen LogP contribution is -2.48. The van der Waals surface area contributed by atoms with E-state index in [9.17, 15) is 4.79 Å². The SMILES string of the molecule is CN(Cc1ccc(N(C)C)cc1)C(=O)NC1CCN(Cc2ccc(Cl)cc2)CC1. The fourth-order valence-corrected chi connectivity index (χ4v) is 3.74. The van der Waals surface area contributed by atoms with Crippen LogP contribution in [0.3, 0.4) is 0 Å². The van der Waals surface area contributed by atoms with Crippen LogP contribution in [-0.4, -0.2) is 56.1 Å². The minimum atomic E-state index is -0.00200. The second-order valence-corrected chi connectivity index (χ2v) is 8.48. The molecule has 2 aromatic rings. The number of urea groups is 1. The van der Waals surface area contributed by atoms with Crippen molar-refractivity contribution in [1.29, 1.82) is 0 Å². The predicted octanol–water partition coefficient (Wildman–Crippen LogP) is 4.21. The molecule has 3 rings (SSSR count). The van der Waals surface area contributed by atoms with Gasteiger partial charge in [0.05, 0.1) is 0 Å². The van der Waals surface area contributed by atoms with E-state index in [1.807, 2.05) is 33.3 Å². The van der Waals surface area contributed by atoms with E-state index in [1.165, 1.54) is 5.56 Å². The summed E-state index contributed by atoms with van der Waals surface area (Å²) in [5.41, 5.74) is 3.56. The highest BCUT2D eigenvalue weighted by atomic mass is 35.5. The smallest absolute Gasteiger partial charge is 0.317 e. The Labute approximate surface area is 179 Å². The lowest BCUT2D eigenvalue weighted by atomic mass is 10.0. The highest BCUT2D eigenvalue weighted by Crippen LogP contribution is 2.17. The van der Waals surface area contributed by atoms with Crippen molar-refractivity contribution in [2.24, 2.45) is 0 Å². The van der Waals surface area contributed by atoms with Gasteiger partial charge in [0.2, 0.25) is 0 Å². The third kappa shape index (κ3) is 6.38. The zero-order chi connectivity index (χ0) is 20.8. The van der Waals surface area contributed by atoms with E-state index in [0.717, 1.165) is 48.7 Å². The molecule has 0 unspecified atom stereocenters. The molecule has 29 heavy (non-hydrogen) atoms. The Morgan fingerprint density at radius 2 is 1.59 bits per heavy atom.